The van der Waals surface area contributed by atoms with Crippen LogP contribution in [0, 0.1) is 0 Å². The van der Waals surface area contributed by atoms with Crippen molar-refractivity contribution in [2.45, 2.75) is 51.7 Å². The molecule has 0 aliphatic carbocycles. The zero-order valence-electron chi connectivity index (χ0n) is 34.9. The molecule has 0 bridgehead atoms. The van der Waals surface area contributed by atoms with Crippen LogP contribution in [0.1, 0.15) is 60.2 Å². The summed E-state index contributed by atoms with van der Waals surface area (Å²) in [4.78, 5) is 36.5. The van der Waals surface area contributed by atoms with Crippen molar-refractivity contribution < 1.29 is 29.9 Å². The highest BCUT2D eigenvalue weighted by Crippen LogP contribution is 2.30. The molecule has 2 aliphatic heterocycles. The van der Waals surface area contributed by atoms with Gasteiger partial charge in [0.15, 0.2) is 11.6 Å². The fraction of sp³-hybridized carbons (Fsp3) is 0.250. The SMILES string of the molecule is CC(=O)c1ccc(Nc2cc(-c3ccccc3)nc(N3CCC(O)CC3)c2)cc1.CC(=O)c1ccc(Nc2cc(Cl)nc(N3CCC(O)CC3)c2)cc1.OB(O)c1ccccc1. The molecule has 2 saturated heterocycles. The zero-order valence-corrected chi connectivity index (χ0v) is 35.6. The molecule has 6 N–H and O–H groups in total. The summed E-state index contributed by atoms with van der Waals surface area (Å²) in [5.74, 6) is 1.81. The number of hydrogen-bond acceptors (Lipinski definition) is 12. The Morgan fingerprint density at radius 1 is 0.581 bits per heavy atom. The first-order chi connectivity index (χ1) is 29.9. The molecule has 2 fully saturated rings. The van der Waals surface area contributed by atoms with Crippen LogP contribution in [0.5, 0.6) is 0 Å². The molecule has 2 aromatic heterocycles. The van der Waals surface area contributed by atoms with E-state index in [2.05, 4.69) is 37.6 Å². The first-order valence-corrected chi connectivity index (χ1v) is 21.1. The predicted molar refractivity (Wildman–Crippen MR) is 250 cm³/mol. The molecule has 4 aromatic carbocycles. The van der Waals surface area contributed by atoms with Gasteiger partial charge < -0.3 is 40.7 Å². The van der Waals surface area contributed by atoms with Crippen molar-refractivity contribution in [3.63, 3.8) is 0 Å². The van der Waals surface area contributed by atoms with Crippen LogP contribution < -0.4 is 25.9 Å². The van der Waals surface area contributed by atoms with Gasteiger partial charge in [-0.1, -0.05) is 72.3 Å². The average Bonchev–Trinajstić information content (AvgIpc) is 3.28. The topological polar surface area (TPSA) is 171 Å². The van der Waals surface area contributed by atoms with Crippen LogP contribution in [0.4, 0.5) is 34.4 Å². The van der Waals surface area contributed by atoms with Crippen LogP contribution in [0.2, 0.25) is 5.15 Å². The number of benzene rings is 4. The third kappa shape index (κ3) is 13.5. The first-order valence-electron chi connectivity index (χ1n) is 20.7. The van der Waals surface area contributed by atoms with E-state index >= 15 is 0 Å². The number of aromatic nitrogens is 2. The second kappa shape index (κ2) is 22.1. The Bertz CT molecular complexity index is 2360. The summed E-state index contributed by atoms with van der Waals surface area (Å²) >= 11 is 6.16. The standard InChI is InChI=1S/C24H25N3O2.C18H20ClN3O2.C6H7BO2/c1-17(28)18-7-9-20(10-8-18)25-21-15-23(19-5-3-2-4-6-19)26-24(16-21)27-13-11-22(29)12-14-27;1-12(23)13-2-4-14(5-3-13)20-15-10-17(19)21-18(11-15)22-8-6-16(24)7-9-22;8-7(9)6-4-2-1-3-5-6/h2-10,15-16,22,29H,11-14H2,1H3,(H,25,26);2-5,10-11,16,24H,6-9H2,1H3,(H,20,21);1-5,8-9H. The Kier molecular flexibility index (Phi) is 16.2. The molecular weight excluding hydrogens is 803 g/mol. The Morgan fingerprint density at radius 3 is 1.42 bits per heavy atom. The van der Waals surface area contributed by atoms with Crippen molar-refractivity contribution in [1.82, 2.24) is 9.97 Å². The molecule has 0 unspecified atom stereocenters. The summed E-state index contributed by atoms with van der Waals surface area (Å²) in [6, 6.07) is 41.4. The van der Waals surface area contributed by atoms with Gasteiger partial charge in [0.05, 0.1) is 17.9 Å². The number of halogens is 1. The maximum Gasteiger partial charge on any atom is 0.488 e. The van der Waals surface area contributed by atoms with Gasteiger partial charge in [-0.05, 0) is 106 Å². The van der Waals surface area contributed by atoms with E-state index in [-0.39, 0.29) is 23.8 Å². The van der Waals surface area contributed by atoms with E-state index in [0.717, 1.165) is 97.5 Å². The monoisotopic (exact) mass is 854 g/mol. The van der Waals surface area contributed by atoms with Gasteiger partial charge in [-0.25, -0.2) is 9.97 Å². The van der Waals surface area contributed by atoms with E-state index in [1.165, 1.54) is 0 Å². The van der Waals surface area contributed by atoms with E-state index in [4.69, 9.17) is 26.6 Å². The summed E-state index contributed by atoms with van der Waals surface area (Å²) < 4.78 is 0. The lowest BCUT2D eigenvalue weighted by Gasteiger charge is -2.31. The van der Waals surface area contributed by atoms with Gasteiger partial charge in [0, 0.05) is 77.8 Å². The third-order valence-electron chi connectivity index (χ3n) is 10.5. The van der Waals surface area contributed by atoms with Gasteiger partial charge in [0.2, 0.25) is 0 Å². The lowest BCUT2D eigenvalue weighted by molar-refractivity contribution is 0.100. The molecule has 0 radical (unpaired) electrons. The number of aliphatic hydroxyl groups is 2. The molecule has 14 heteroatoms. The maximum atomic E-state index is 11.5. The van der Waals surface area contributed by atoms with Crippen LogP contribution in [0.3, 0.4) is 0 Å². The molecule has 6 aromatic rings. The van der Waals surface area contributed by atoms with Gasteiger partial charge >= 0.3 is 7.12 Å². The highest BCUT2D eigenvalue weighted by atomic mass is 35.5. The van der Waals surface area contributed by atoms with Crippen molar-refractivity contribution in [1.29, 1.82) is 0 Å². The Balaban J connectivity index is 0.000000175. The molecule has 0 saturated carbocycles. The second-order valence-corrected chi connectivity index (χ2v) is 15.6. The molecule has 12 nitrogen and oxygen atoms in total. The van der Waals surface area contributed by atoms with Gasteiger partial charge in [0.1, 0.15) is 16.8 Å². The zero-order chi connectivity index (χ0) is 44.0. The Hall–Kier alpha value is -6.09. The lowest BCUT2D eigenvalue weighted by atomic mass is 9.81. The van der Waals surface area contributed by atoms with Crippen molar-refractivity contribution >= 4 is 70.1 Å². The summed E-state index contributed by atoms with van der Waals surface area (Å²) in [6.07, 6.45) is 2.55. The van der Waals surface area contributed by atoms with Crippen molar-refractivity contribution in [3.05, 3.63) is 150 Å². The van der Waals surface area contributed by atoms with E-state index < -0.39 is 7.12 Å². The molecule has 0 spiro atoms. The number of nitrogens with zero attached hydrogens (tertiary/aromatic N) is 4. The van der Waals surface area contributed by atoms with E-state index in [1.54, 1.807) is 56.3 Å². The minimum Gasteiger partial charge on any atom is -0.423 e. The minimum absolute atomic E-state index is 0.0445. The molecule has 0 amide bonds. The van der Waals surface area contributed by atoms with Gasteiger partial charge in [0.25, 0.3) is 0 Å². The van der Waals surface area contributed by atoms with Gasteiger partial charge in [-0.15, -0.1) is 0 Å². The normalized spacial score (nSPS) is 14.1. The van der Waals surface area contributed by atoms with E-state index in [9.17, 15) is 19.8 Å². The van der Waals surface area contributed by atoms with Gasteiger partial charge in [-0.3, -0.25) is 9.59 Å². The third-order valence-corrected chi connectivity index (χ3v) is 10.7. The number of anilines is 6. The summed E-state index contributed by atoms with van der Waals surface area (Å²) in [5.41, 5.74) is 7.43. The summed E-state index contributed by atoms with van der Waals surface area (Å²) in [6.45, 7) is 6.23. The summed E-state index contributed by atoms with van der Waals surface area (Å²) in [5, 5.41) is 43.8. The number of ketones is 2. The molecule has 2 aliphatic rings. The Morgan fingerprint density at radius 2 is 1.00 bits per heavy atom. The number of aliphatic hydroxyl groups excluding tert-OH is 2. The molecule has 0 atom stereocenters. The molecule has 4 heterocycles. The number of hydrogen-bond donors (Lipinski definition) is 6. The number of Topliss-reactive ketones (excluding diaryl/α,β-unsaturated/α-hetero) is 2. The highest BCUT2D eigenvalue weighted by molar-refractivity contribution is 6.58. The number of carbonyl (C=O) groups is 2. The Labute approximate surface area is 368 Å². The molecule has 8 rings (SSSR count). The fourth-order valence-electron chi connectivity index (χ4n) is 6.95. The van der Waals surface area contributed by atoms with Crippen molar-refractivity contribution in [2.24, 2.45) is 0 Å². The smallest absolute Gasteiger partial charge is 0.423 e. The largest absolute Gasteiger partial charge is 0.488 e. The van der Waals surface area contributed by atoms with Crippen LogP contribution in [-0.2, 0) is 0 Å². The fourth-order valence-corrected chi connectivity index (χ4v) is 7.15. The average molecular weight is 855 g/mol. The first kappa shape index (κ1) is 45.4. The van der Waals surface area contributed by atoms with E-state index in [1.807, 2.05) is 78.9 Å². The maximum absolute atomic E-state index is 11.5. The molecular formula is C48H52BClN6O6. The minimum atomic E-state index is -1.34. The molecule has 62 heavy (non-hydrogen) atoms. The van der Waals surface area contributed by atoms with Crippen molar-refractivity contribution in [3.8, 4) is 11.3 Å². The van der Waals surface area contributed by atoms with Crippen LogP contribution >= 0.6 is 11.6 Å². The quantitative estimate of drug-likeness (QED) is 0.0452. The molecule has 320 valence electrons. The number of carbonyl (C=O) groups excluding carboxylic acids is 2. The number of rotatable bonds is 10. The lowest BCUT2D eigenvalue weighted by Crippen LogP contribution is -2.36. The van der Waals surface area contributed by atoms with Crippen molar-refractivity contribution in [2.75, 3.05) is 46.6 Å². The number of piperidine rings is 2. The predicted octanol–water partition coefficient (Wildman–Crippen LogP) is 7.66. The van der Waals surface area contributed by atoms with Crippen LogP contribution in [0.25, 0.3) is 11.3 Å². The highest BCUT2D eigenvalue weighted by Gasteiger charge is 2.21. The van der Waals surface area contributed by atoms with Gasteiger partial charge in [-0.2, -0.15) is 0 Å². The van der Waals surface area contributed by atoms with Crippen LogP contribution in [0.15, 0.2) is 133 Å². The van der Waals surface area contributed by atoms with E-state index in [0.29, 0.717) is 21.7 Å². The second-order valence-electron chi connectivity index (χ2n) is 15.2. The number of nitrogens with one attached hydrogen (secondary N) is 2. The summed E-state index contributed by atoms with van der Waals surface area (Å²) in [7, 11) is -1.34. The number of pyridine rings is 2. The van der Waals surface area contributed by atoms with Crippen LogP contribution in [-0.4, -0.2) is 87.3 Å².